The first-order chi connectivity index (χ1) is 26.7. The highest BCUT2D eigenvalue weighted by Gasteiger charge is 2.42. The van der Waals surface area contributed by atoms with Crippen LogP contribution in [-0.4, -0.2) is 71.9 Å². The Morgan fingerprint density at radius 3 is 2.07 bits per heavy atom. The number of rotatable bonds is 18. The van der Waals surface area contributed by atoms with E-state index in [0.29, 0.717) is 53.6 Å². The zero-order chi connectivity index (χ0) is 38.9. The zero-order valence-corrected chi connectivity index (χ0v) is 32.7. The summed E-state index contributed by atoms with van der Waals surface area (Å²) < 4.78 is 23.7. The summed E-state index contributed by atoms with van der Waals surface area (Å²) in [5.41, 5.74) is 3.77. The maximum Gasteiger partial charge on any atom is 0.293 e. The molecule has 4 amide bonds. The highest BCUT2D eigenvalue weighted by molar-refractivity contribution is 8.16. The molecule has 0 aromatic heterocycles. The van der Waals surface area contributed by atoms with Crippen molar-refractivity contribution in [3.63, 3.8) is 0 Å². The molecule has 2 N–H and O–H groups in total. The number of aliphatic hydroxyl groups is 1. The third-order valence-electron chi connectivity index (χ3n) is 9.36. The molecule has 11 nitrogen and oxygen atoms in total. The highest BCUT2D eigenvalue weighted by Crippen LogP contribution is 2.43. The number of nitrogens with zero attached hydrogens (tertiary/aromatic N) is 1. The monoisotopic (exact) mass is 804 g/mol. The number of anilines is 1. The van der Waals surface area contributed by atoms with Crippen LogP contribution in [0.5, 0.6) is 17.2 Å². The minimum Gasteiger partial charge on any atom is -0.494 e. The number of para-hydroxylation sites is 1. The Kier molecular flexibility index (Phi) is 13.8. The van der Waals surface area contributed by atoms with E-state index >= 15 is 0 Å². The van der Waals surface area contributed by atoms with Crippen molar-refractivity contribution in [3.05, 3.63) is 118 Å². The van der Waals surface area contributed by atoms with Crippen LogP contribution in [0, 0.1) is 0 Å². The Bertz CT molecular complexity index is 2000. The molecular formula is C41H41ClN2O9S2. The predicted octanol–water partition coefficient (Wildman–Crippen LogP) is 7.76. The Morgan fingerprint density at radius 1 is 0.818 bits per heavy atom. The van der Waals surface area contributed by atoms with Gasteiger partial charge < -0.3 is 24.1 Å². The van der Waals surface area contributed by atoms with E-state index in [1.54, 1.807) is 25.3 Å². The van der Waals surface area contributed by atoms with Gasteiger partial charge in [0.25, 0.3) is 10.5 Å². The number of halogens is 1. The van der Waals surface area contributed by atoms with E-state index in [1.807, 2.05) is 72.8 Å². The molecule has 55 heavy (non-hydrogen) atoms. The SMILES string of the molecule is COc1c(C(CCCO)COc2ccc(CC3SC(=O)NC3=O)cc2)cccc1N1C(=O)SC(Cc2ccc(OCC(OC)c3cccc(Cl)c3)cc2)C1=O. The van der Waals surface area contributed by atoms with Gasteiger partial charge in [0, 0.05) is 30.2 Å². The Labute approximate surface area is 333 Å². The van der Waals surface area contributed by atoms with Gasteiger partial charge in [-0.3, -0.25) is 24.5 Å². The number of thioether (sulfide) groups is 2. The van der Waals surface area contributed by atoms with Crippen LogP contribution in [0.1, 0.15) is 47.1 Å². The summed E-state index contributed by atoms with van der Waals surface area (Å²) in [6.07, 6.45) is 1.51. The second-order valence-corrected chi connectivity index (χ2v) is 15.8. The van der Waals surface area contributed by atoms with Crippen LogP contribution in [0.25, 0.3) is 0 Å². The smallest absolute Gasteiger partial charge is 0.293 e. The first kappa shape index (κ1) is 40.1. The van der Waals surface area contributed by atoms with E-state index in [9.17, 15) is 24.3 Å². The number of methoxy groups -OCH3 is 2. The molecule has 4 aromatic rings. The van der Waals surface area contributed by atoms with Crippen molar-refractivity contribution in [1.29, 1.82) is 0 Å². The van der Waals surface area contributed by atoms with Crippen LogP contribution in [0.3, 0.4) is 0 Å². The molecule has 4 unspecified atom stereocenters. The minimum atomic E-state index is -0.632. The molecule has 288 valence electrons. The second-order valence-electron chi connectivity index (χ2n) is 13.0. The van der Waals surface area contributed by atoms with Crippen LogP contribution in [-0.2, 0) is 27.2 Å². The first-order valence-electron chi connectivity index (χ1n) is 17.7. The fourth-order valence-electron chi connectivity index (χ4n) is 6.51. The number of hydrogen-bond acceptors (Lipinski definition) is 11. The van der Waals surface area contributed by atoms with Gasteiger partial charge in [-0.15, -0.1) is 0 Å². The number of hydrogen-bond donors (Lipinski definition) is 2. The second kappa shape index (κ2) is 18.9. The van der Waals surface area contributed by atoms with E-state index in [-0.39, 0.29) is 48.9 Å². The van der Waals surface area contributed by atoms with Crippen LogP contribution in [0.2, 0.25) is 5.02 Å². The summed E-state index contributed by atoms with van der Waals surface area (Å²) in [5, 5.41) is 10.8. The molecule has 2 aliphatic heterocycles. The lowest BCUT2D eigenvalue weighted by Crippen LogP contribution is -2.32. The standard InChI is InChI=1S/C41H41ClN2O9S2/c1-50-34(27-6-3-8-29(42)22-27)24-53-31-17-13-26(14-18-31)21-36-39(47)44(41(49)55-36)33-10-4-9-32(37(33)51-2)28(7-5-19-45)23-52-30-15-11-25(12-16-30)20-35-38(46)43-40(48)54-35/h3-4,6,8-18,22,28,34-36,45H,5,7,19-21,23-24H2,1-2H3,(H,43,46,48). The van der Waals surface area contributed by atoms with E-state index < -0.39 is 15.7 Å². The lowest BCUT2D eigenvalue weighted by atomic mass is 9.93. The fraction of sp³-hybridized carbons (Fsp3) is 0.317. The molecule has 0 radical (unpaired) electrons. The van der Waals surface area contributed by atoms with Crippen molar-refractivity contribution in [2.24, 2.45) is 0 Å². The van der Waals surface area contributed by atoms with Crippen molar-refractivity contribution in [2.45, 2.75) is 48.2 Å². The number of benzene rings is 4. The fourth-order valence-corrected chi connectivity index (χ4v) is 8.59. The molecule has 0 bridgehead atoms. The summed E-state index contributed by atoms with van der Waals surface area (Å²) in [5.74, 6) is 0.770. The van der Waals surface area contributed by atoms with Crippen molar-refractivity contribution in [2.75, 3.05) is 38.9 Å². The van der Waals surface area contributed by atoms with Gasteiger partial charge in [-0.25, -0.2) is 4.90 Å². The van der Waals surface area contributed by atoms with Crippen molar-refractivity contribution in [3.8, 4) is 17.2 Å². The Balaban J connectivity index is 1.10. The number of imide groups is 2. The van der Waals surface area contributed by atoms with Gasteiger partial charge in [0.2, 0.25) is 11.8 Å². The van der Waals surface area contributed by atoms with Gasteiger partial charge in [-0.1, -0.05) is 83.7 Å². The Morgan fingerprint density at radius 2 is 1.47 bits per heavy atom. The molecule has 0 saturated carbocycles. The van der Waals surface area contributed by atoms with Gasteiger partial charge in [-0.2, -0.15) is 0 Å². The normalized spacial score (nSPS) is 18.0. The summed E-state index contributed by atoms with van der Waals surface area (Å²) in [6, 6.07) is 27.6. The number of amides is 4. The molecule has 2 fully saturated rings. The van der Waals surface area contributed by atoms with Crippen LogP contribution < -0.4 is 24.4 Å². The topological polar surface area (TPSA) is 141 Å². The van der Waals surface area contributed by atoms with Crippen LogP contribution in [0.15, 0.2) is 91.0 Å². The molecule has 0 aliphatic carbocycles. The predicted molar refractivity (Wildman–Crippen MR) is 214 cm³/mol. The van der Waals surface area contributed by atoms with E-state index in [2.05, 4.69) is 5.32 Å². The van der Waals surface area contributed by atoms with Gasteiger partial charge in [-0.05, 0) is 84.8 Å². The summed E-state index contributed by atoms with van der Waals surface area (Å²) in [4.78, 5) is 52.0. The van der Waals surface area contributed by atoms with E-state index in [1.165, 1.54) is 12.0 Å². The number of aliphatic hydroxyl groups excluding tert-OH is 1. The minimum absolute atomic E-state index is 0.0202. The lowest BCUT2D eigenvalue weighted by molar-refractivity contribution is -0.119. The van der Waals surface area contributed by atoms with Gasteiger partial charge in [0.1, 0.15) is 30.0 Å². The average molecular weight is 805 g/mol. The molecule has 6 rings (SSSR count). The molecule has 4 aromatic carbocycles. The molecule has 4 atom stereocenters. The third kappa shape index (κ3) is 10.0. The van der Waals surface area contributed by atoms with Crippen molar-refractivity contribution < 1.29 is 43.2 Å². The summed E-state index contributed by atoms with van der Waals surface area (Å²) in [7, 11) is 3.12. The highest BCUT2D eigenvalue weighted by atomic mass is 35.5. The number of nitrogens with one attached hydrogen (secondary N) is 1. The van der Waals surface area contributed by atoms with Gasteiger partial charge in [0.05, 0.1) is 29.9 Å². The molecular weight excluding hydrogens is 764 g/mol. The van der Waals surface area contributed by atoms with Gasteiger partial charge in [0.15, 0.2) is 0 Å². The quantitative estimate of drug-likeness (QED) is 0.102. The van der Waals surface area contributed by atoms with Gasteiger partial charge >= 0.3 is 0 Å². The first-order valence-corrected chi connectivity index (χ1v) is 19.9. The number of ether oxygens (including phenoxy) is 4. The summed E-state index contributed by atoms with van der Waals surface area (Å²) >= 11 is 8.11. The van der Waals surface area contributed by atoms with Crippen LogP contribution >= 0.6 is 35.1 Å². The lowest BCUT2D eigenvalue weighted by Gasteiger charge is -2.24. The van der Waals surface area contributed by atoms with Crippen molar-refractivity contribution in [1.82, 2.24) is 5.32 Å². The molecule has 2 aliphatic rings. The maximum absolute atomic E-state index is 13.8. The summed E-state index contributed by atoms with van der Waals surface area (Å²) in [6.45, 7) is 0.498. The largest absolute Gasteiger partial charge is 0.494 e. The molecule has 2 saturated heterocycles. The zero-order valence-electron chi connectivity index (χ0n) is 30.3. The van der Waals surface area contributed by atoms with Crippen LogP contribution in [0.4, 0.5) is 15.3 Å². The van der Waals surface area contributed by atoms with E-state index in [4.69, 9.17) is 30.5 Å². The molecule has 14 heteroatoms. The molecule has 2 heterocycles. The van der Waals surface area contributed by atoms with Crippen molar-refractivity contribution >= 4 is 63.1 Å². The number of carbonyl (C=O) groups excluding carboxylic acids is 4. The molecule has 0 spiro atoms. The number of carbonyl (C=O) groups is 4. The van der Waals surface area contributed by atoms with E-state index in [0.717, 1.165) is 45.8 Å². The third-order valence-corrected chi connectivity index (χ3v) is 11.6. The average Bonchev–Trinajstić information content (AvgIpc) is 3.66. The Hall–Kier alpha value is -4.53. The maximum atomic E-state index is 13.8.